The quantitative estimate of drug-likeness (QED) is 0.812. The van der Waals surface area contributed by atoms with E-state index in [0.29, 0.717) is 12.4 Å². The van der Waals surface area contributed by atoms with Gasteiger partial charge in [-0.25, -0.2) is 4.79 Å². The minimum atomic E-state index is -0.930. The van der Waals surface area contributed by atoms with Gasteiger partial charge in [-0.05, 0) is 30.4 Å². The molecule has 1 rings (SSSR count). The van der Waals surface area contributed by atoms with Crippen molar-refractivity contribution >= 4 is 5.97 Å². The molecule has 0 saturated heterocycles. The summed E-state index contributed by atoms with van der Waals surface area (Å²) in [5, 5.41) is 9.36. The number of unbranched alkanes of at least 4 members (excludes halogenated alkanes) is 1. The highest BCUT2D eigenvalue weighted by molar-refractivity contribution is 5.92. The third kappa shape index (κ3) is 3.98. The molecule has 1 N–H and O–H groups in total. The second-order valence-corrected chi connectivity index (χ2v) is 5.95. The van der Waals surface area contributed by atoms with Crippen LogP contribution in [0.5, 0.6) is 5.75 Å². The van der Waals surface area contributed by atoms with E-state index in [1.807, 2.05) is 13.0 Å². The smallest absolute Gasteiger partial charge is 0.339 e. The van der Waals surface area contributed by atoms with E-state index in [0.717, 1.165) is 24.0 Å². The fraction of sp³-hybridized carbons (Fsp3) is 0.562. The third-order valence-electron chi connectivity index (χ3n) is 3.02. The third-order valence-corrected chi connectivity index (χ3v) is 3.02. The van der Waals surface area contributed by atoms with Crippen LogP contribution in [0.25, 0.3) is 0 Å². The van der Waals surface area contributed by atoms with Crippen molar-refractivity contribution in [1.29, 1.82) is 0 Å². The number of aryl methyl sites for hydroxylation is 1. The number of carbonyl (C=O) groups is 1. The number of hydrogen-bond donors (Lipinski definition) is 1. The van der Waals surface area contributed by atoms with Gasteiger partial charge >= 0.3 is 5.97 Å². The number of rotatable bonds is 5. The summed E-state index contributed by atoms with van der Waals surface area (Å²) in [5.74, 6) is -0.403. The maximum atomic E-state index is 11.4. The van der Waals surface area contributed by atoms with E-state index in [-0.39, 0.29) is 11.0 Å². The highest BCUT2D eigenvalue weighted by Crippen LogP contribution is 2.35. The predicted molar refractivity (Wildman–Crippen MR) is 77.2 cm³/mol. The minimum Gasteiger partial charge on any atom is -0.492 e. The average molecular weight is 264 g/mol. The van der Waals surface area contributed by atoms with Gasteiger partial charge in [0.05, 0.1) is 6.61 Å². The van der Waals surface area contributed by atoms with Gasteiger partial charge in [0, 0.05) is 5.56 Å². The SMILES string of the molecule is CCCCOc1c(C(=O)O)cc(C)cc1C(C)(C)C. The summed E-state index contributed by atoms with van der Waals surface area (Å²) in [7, 11) is 0. The van der Waals surface area contributed by atoms with Crippen molar-refractivity contribution in [1.82, 2.24) is 0 Å². The fourth-order valence-corrected chi connectivity index (χ4v) is 1.96. The van der Waals surface area contributed by atoms with Gasteiger partial charge in [0.1, 0.15) is 11.3 Å². The molecule has 19 heavy (non-hydrogen) atoms. The molecule has 1 aromatic rings. The maximum absolute atomic E-state index is 11.4. The monoisotopic (exact) mass is 264 g/mol. The van der Waals surface area contributed by atoms with Crippen molar-refractivity contribution in [3.8, 4) is 5.75 Å². The Morgan fingerprint density at radius 3 is 2.42 bits per heavy atom. The van der Waals surface area contributed by atoms with Gasteiger partial charge in [-0.3, -0.25) is 0 Å². The van der Waals surface area contributed by atoms with Crippen molar-refractivity contribution in [2.75, 3.05) is 6.61 Å². The summed E-state index contributed by atoms with van der Waals surface area (Å²) in [6.45, 7) is 10.8. The molecule has 0 aliphatic heterocycles. The van der Waals surface area contributed by atoms with Crippen LogP contribution in [0.15, 0.2) is 12.1 Å². The van der Waals surface area contributed by atoms with Crippen molar-refractivity contribution in [3.63, 3.8) is 0 Å². The van der Waals surface area contributed by atoms with E-state index in [2.05, 4.69) is 27.7 Å². The summed E-state index contributed by atoms with van der Waals surface area (Å²) in [6.07, 6.45) is 1.95. The Morgan fingerprint density at radius 2 is 1.95 bits per heavy atom. The summed E-state index contributed by atoms with van der Waals surface area (Å²) >= 11 is 0. The van der Waals surface area contributed by atoms with E-state index >= 15 is 0 Å². The van der Waals surface area contributed by atoms with Crippen LogP contribution in [0.4, 0.5) is 0 Å². The van der Waals surface area contributed by atoms with Crippen LogP contribution in [0.1, 0.15) is 62.0 Å². The van der Waals surface area contributed by atoms with Gasteiger partial charge in [0.25, 0.3) is 0 Å². The molecular formula is C16H24O3. The molecule has 0 fully saturated rings. The standard InChI is InChI=1S/C16H24O3/c1-6-7-8-19-14-12(15(17)18)9-11(2)10-13(14)16(3,4)5/h9-10H,6-8H2,1-5H3,(H,17,18). The summed E-state index contributed by atoms with van der Waals surface area (Å²) in [4.78, 5) is 11.4. The van der Waals surface area contributed by atoms with E-state index in [1.165, 1.54) is 0 Å². The first-order chi connectivity index (χ1) is 8.77. The zero-order valence-electron chi connectivity index (χ0n) is 12.5. The van der Waals surface area contributed by atoms with Gasteiger partial charge in [0.15, 0.2) is 0 Å². The van der Waals surface area contributed by atoms with Gasteiger partial charge in [-0.2, -0.15) is 0 Å². The van der Waals surface area contributed by atoms with Crippen molar-refractivity contribution in [3.05, 3.63) is 28.8 Å². The molecule has 106 valence electrons. The second kappa shape index (κ2) is 6.09. The van der Waals surface area contributed by atoms with Crippen LogP contribution in [-0.2, 0) is 5.41 Å². The maximum Gasteiger partial charge on any atom is 0.339 e. The Kier molecular flexibility index (Phi) is 4.98. The molecule has 0 amide bonds. The highest BCUT2D eigenvalue weighted by Gasteiger charge is 2.24. The molecule has 3 heteroatoms. The zero-order valence-corrected chi connectivity index (χ0v) is 12.5. The number of hydrogen-bond acceptors (Lipinski definition) is 2. The Labute approximate surface area is 115 Å². The van der Waals surface area contributed by atoms with Crippen LogP contribution in [0.2, 0.25) is 0 Å². The lowest BCUT2D eigenvalue weighted by Gasteiger charge is -2.25. The number of aromatic carboxylic acids is 1. The molecule has 0 aliphatic rings. The molecule has 0 heterocycles. The molecule has 3 nitrogen and oxygen atoms in total. The fourth-order valence-electron chi connectivity index (χ4n) is 1.96. The first kappa shape index (κ1) is 15.5. The number of carboxylic acids is 1. The lowest BCUT2D eigenvalue weighted by molar-refractivity contribution is 0.0691. The summed E-state index contributed by atoms with van der Waals surface area (Å²) in [5.41, 5.74) is 2.03. The van der Waals surface area contributed by atoms with Gasteiger partial charge in [0.2, 0.25) is 0 Å². The average Bonchev–Trinajstić information content (AvgIpc) is 2.29. The molecule has 0 aliphatic carbocycles. The Bertz CT molecular complexity index is 456. The van der Waals surface area contributed by atoms with Gasteiger partial charge in [-0.1, -0.05) is 40.2 Å². The van der Waals surface area contributed by atoms with Crippen molar-refractivity contribution < 1.29 is 14.6 Å². The number of carboxylic acid groups (broad SMARTS) is 1. The number of benzene rings is 1. The largest absolute Gasteiger partial charge is 0.492 e. The molecule has 0 bridgehead atoms. The van der Waals surface area contributed by atoms with E-state index < -0.39 is 5.97 Å². The van der Waals surface area contributed by atoms with Gasteiger partial charge < -0.3 is 9.84 Å². The molecule has 0 atom stereocenters. The van der Waals surface area contributed by atoms with Crippen LogP contribution < -0.4 is 4.74 Å². The van der Waals surface area contributed by atoms with E-state index in [9.17, 15) is 9.90 Å². The first-order valence-electron chi connectivity index (χ1n) is 6.78. The van der Waals surface area contributed by atoms with Crippen LogP contribution in [0, 0.1) is 6.92 Å². The van der Waals surface area contributed by atoms with Gasteiger partial charge in [-0.15, -0.1) is 0 Å². The molecule has 0 spiro atoms. The van der Waals surface area contributed by atoms with Crippen LogP contribution >= 0.6 is 0 Å². The first-order valence-corrected chi connectivity index (χ1v) is 6.78. The number of ether oxygens (including phenoxy) is 1. The zero-order chi connectivity index (χ0) is 14.6. The van der Waals surface area contributed by atoms with E-state index in [1.54, 1.807) is 6.07 Å². The Hall–Kier alpha value is -1.51. The Balaban J connectivity index is 3.31. The molecule has 0 radical (unpaired) electrons. The molecule has 0 aromatic heterocycles. The lowest BCUT2D eigenvalue weighted by atomic mass is 9.84. The summed E-state index contributed by atoms with van der Waals surface area (Å²) in [6, 6.07) is 3.70. The van der Waals surface area contributed by atoms with Crippen molar-refractivity contribution in [2.45, 2.75) is 52.9 Å². The topological polar surface area (TPSA) is 46.5 Å². The molecule has 1 aromatic carbocycles. The van der Waals surface area contributed by atoms with Crippen molar-refractivity contribution in [2.24, 2.45) is 0 Å². The second-order valence-electron chi connectivity index (χ2n) is 5.95. The van der Waals surface area contributed by atoms with Crippen LogP contribution in [0.3, 0.4) is 0 Å². The normalized spacial score (nSPS) is 11.4. The summed E-state index contributed by atoms with van der Waals surface area (Å²) < 4.78 is 5.77. The molecular weight excluding hydrogens is 240 g/mol. The highest BCUT2D eigenvalue weighted by atomic mass is 16.5. The van der Waals surface area contributed by atoms with E-state index in [4.69, 9.17) is 4.74 Å². The molecule has 0 unspecified atom stereocenters. The van der Waals surface area contributed by atoms with Crippen LogP contribution in [-0.4, -0.2) is 17.7 Å². The predicted octanol–water partition coefficient (Wildman–Crippen LogP) is 4.17. The Morgan fingerprint density at radius 1 is 1.32 bits per heavy atom. The molecule has 0 saturated carbocycles. The minimum absolute atomic E-state index is 0.141. The lowest BCUT2D eigenvalue weighted by Crippen LogP contribution is -2.17.